The summed E-state index contributed by atoms with van der Waals surface area (Å²) in [5.74, 6) is 0.336. The van der Waals surface area contributed by atoms with Crippen molar-refractivity contribution >= 4 is 17.4 Å². The zero-order chi connectivity index (χ0) is 14.5. The predicted octanol–water partition coefficient (Wildman–Crippen LogP) is 2.78. The van der Waals surface area contributed by atoms with Crippen LogP contribution in [0.1, 0.15) is 28.5 Å². The van der Waals surface area contributed by atoms with Crippen LogP contribution in [-0.4, -0.2) is 22.4 Å². The molecule has 1 heterocycles. The maximum atomic E-state index is 12.2. The van der Waals surface area contributed by atoms with Gasteiger partial charge in [-0.3, -0.25) is 9.78 Å². The van der Waals surface area contributed by atoms with Gasteiger partial charge in [-0.2, -0.15) is 0 Å². The first-order valence-electron chi connectivity index (χ1n) is 6.54. The maximum Gasteiger partial charge on any atom is 0.275 e. The largest absolute Gasteiger partial charge is 0.369 e. The van der Waals surface area contributed by atoms with Gasteiger partial charge in [0.2, 0.25) is 0 Å². The Balaban J connectivity index is 2.17. The Morgan fingerprint density at radius 2 is 1.85 bits per heavy atom. The SMILES string of the molecule is CCNc1cncc(C(=O)Nc2cc(C)cc(C)c2)n1. The van der Waals surface area contributed by atoms with Crippen molar-refractivity contribution in [2.24, 2.45) is 0 Å². The van der Waals surface area contributed by atoms with Crippen LogP contribution in [0, 0.1) is 13.8 Å². The normalized spacial score (nSPS) is 10.2. The predicted molar refractivity (Wildman–Crippen MR) is 80.1 cm³/mol. The molecular weight excluding hydrogens is 252 g/mol. The van der Waals surface area contributed by atoms with Crippen LogP contribution in [0.3, 0.4) is 0 Å². The molecule has 0 aliphatic carbocycles. The summed E-state index contributed by atoms with van der Waals surface area (Å²) in [6.45, 7) is 6.68. The summed E-state index contributed by atoms with van der Waals surface area (Å²) in [6, 6.07) is 5.90. The Kier molecular flexibility index (Phi) is 4.30. The summed E-state index contributed by atoms with van der Waals surface area (Å²) in [5.41, 5.74) is 3.27. The highest BCUT2D eigenvalue weighted by molar-refractivity contribution is 6.02. The Bertz CT molecular complexity index is 605. The van der Waals surface area contributed by atoms with Gasteiger partial charge >= 0.3 is 0 Å². The lowest BCUT2D eigenvalue weighted by Gasteiger charge is -2.08. The molecule has 0 bridgehead atoms. The molecule has 1 amide bonds. The second-order valence-electron chi connectivity index (χ2n) is 4.65. The van der Waals surface area contributed by atoms with Crippen LogP contribution in [0.4, 0.5) is 11.5 Å². The molecule has 1 aromatic carbocycles. The van der Waals surface area contributed by atoms with Gasteiger partial charge in [-0.25, -0.2) is 4.98 Å². The van der Waals surface area contributed by atoms with E-state index in [1.54, 1.807) is 6.20 Å². The van der Waals surface area contributed by atoms with E-state index in [0.29, 0.717) is 11.5 Å². The standard InChI is InChI=1S/C15H18N4O/c1-4-17-14-9-16-8-13(19-14)15(20)18-12-6-10(2)5-11(3)7-12/h5-9H,4H2,1-3H3,(H,17,19)(H,18,20). The molecule has 20 heavy (non-hydrogen) atoms. The fourth-order valence-corrected chi connectivity index (χ4v) is 1.98. The summed E-state index contributed by atoms with van der Waals surface area (Å²) in [7, 11) is 0. The van der Waals surface area contributed by atoms with Crippen LogP contribution in [-0.2, 0) is 0 Å². The number of anilines is 2. The van der Waals surface area contributed by atoms with Crippen molar-refractivity contribution in [1.82, 2.24) is 9.97 Å². The number of aryl methyl sites for hydroxylation is 2. The lowest BCUT2D eigenvalue weighted by atomic mass is 10.1. The molecule has 0 saturated heterocycles. The summed E-state index contributed by atoms with van der Waals surface area (Å²) < 4.78 is 0. The Hall–Kier alpha value is -2.43. The quantitative estimate of drug-likeness (QED) is 0.896. The third kappa shape index (κ3) is 3.54. The number of hydrogen-bond acceptors (Lipinski definition) is 4. The molecule has 104 valence electrons. The van der Waals surface area contributed by atoms with Crippen LogP contribution in [0.25, 0.3) is 0 Å². The van der Waals surface area contributed by atoms with Gasteiger partial charge in [0.1, 0.15) is 11.5 Å². The van der Waals surface area contributed by atoms with E-state index in [0.717, 1.165) is 23.4 Å². The number of carbonyl (C=O) groups excluding carboxylic acids is 1. The molecule has 0 radical (unpaired) electrons. The van der Waals surface area contributed by atoms with Gasteiger partial charge < -0.3 is 10.6 Å². The number of hydrogen-bond donors (Lipinski definition) is 2. The van der Waals surface area contributed by atoms with E-state index in [1.807, 2.05) is 32.9 Å². The minimum atomic E-state index is -0.262. The van der Waals surface area contributed by atoms with E-state index in [1.165, 1.54) is 6.20 Å². The molecule has 0 unspecified atom stereocenters. The topological polar surface area (TPSA) is 66.9 Å². The molecule has 2 aromatic rings. The Morgan fingerprint density at radius 1 is 1.15 bits per heavy atom. The smallest absolute Gasteiger partial charge is 0.275 e. The van der Waals surface area contributed by atoms with Gasteiger partial charge in [0.05, 0.1) is 12.4 Å². The number of rotatable bonds is 4. The fourth-order valence-electron chi connectivity index (χ4n) is 1.98. The Morgan fingerprint density at radius 3 is 2.50 bits per heavy atom. The molecule has 0 aliphatic rings. The van der Waals surface area contributed by atoms with E-state index in [-0.39, 0.29) is 5.91 Å². The number of nitrogens with zero attached hydrogens (tertiary/aromatic N) is 2. The highest BCUT2D eigenvalue weighted by atomic mass is 16.1. The molecule has 1 aromatic heterocycles. The van der Waals surface area contributed by atoms with Crippen molar-refractivity contribution in [2.75, 3.05) is 17.2 Å². The molecule has 0 spiro atoms. The van der Waals surface area contributed by atoms with E-state index in [2.05, 4.69) is 26.7 Å². The van der Waals surface area contributed by atoms with Crippen molar-refractivity contribution in [3.8, 4) is 0 Å². The van der Waals surface area contributed by atoms with E-state index < -0.39 is 0 Å². The van der Waals surface area contributed by atoms with Gasteiger partial charge in [0.25, 0.3) is 5.91 Å². The average molecular weight is 270 g/mol. The number of aromatic nitrogens is 2. The number of nitrogens with one attached hydrogen (secondary N) is 2. The summed E-state index contributed by atoms with van der Waals surface area (Å²) in [5, 5.41) is 5.87. The van der Waals surface area contributed by atoms with Crippen molar-refractivity contribution in [2.45, 2.75) is 20.8 Å². The van der Waals surface area contributed by atoms with Gasteiger partial charge in [-0.15, -0.1) is 0 Å². The molecule has 5 nitrogen and oxygen atoms in total. The zero-order valence-electron chi connectivity index (χ0n) is 11.9. The highest BCUT2D eigenvalue weighted by Gasteiger charge is 2.09. The first kappa shape index (κ1) is 14.0. The number of carbonyl (C=O) groups is 1. The van der Waals surface area contributed by atoms with Crippen molar-refractivity contribution < 1.29 is 4.79 Å². The summed E-state index contributed by atoms with van der Waals surface area (Å²) in [4.78, 5) is 20.4. The third-order valence-electron chi connectivity index (χ3n) is 2.70. The molecule has 0 saturated carbocycles. The van der Waals surface area contributed by atoms with Crippen LogP contribution in [0.15, 0.2) is 30.6 Å². The average Bonchev–Trinajstić information content (AvgIpc) is 2.38. The first-order chi connectivity index (χ1) is 9.58. The lowest BCUT2D eigenvalue weighted by molar-refractivity contribution is 0.102. The van der Waals surface area contributed by atoms with Gasteiger partial charge in [-0.05, 0) is 44.0 Å². The fraction of sp³-hybridized carbons (Fsp3) is 0.267. The molecule has 5 heteroatoms. The molecule has 0 atom stereocenters. The lowest BCUT2D eigenvalue weighted by Crippen LogP contribution is -2.15. The molecular formula is C15H18N4O. The first-order valence-corrected chi connectivity index (χ1v) is 6.54. The van der Waals surface area contributed by atoms with Crippen molar-refractivity contribution in [3.63, 3.8) is 0 Å². The second-order valence-corrected chi connectivity index (χ2v) is 4.65. The van der Waals surface area contributed by atoms with E-state index in [9.17, 15) is 4.79 Å². The zero-order valence-corrected chi connectivity index (χ0v) is 11.9. The molecule has 2 N–H and O–H groups in total. The molecule has 2 rings (SSSR count). The van der Waals surface area contributed by atoms with E-state index in [4.69, 9.17) is 0 Å². The highest BCUT2D eigenvalue weighted by Crippen LogP contribution is 2.14. The number of benzene rings is 1. The third-order valence-corrected chi connectivity index (χ3v) is 2.70. The van der Waals surface area contributed by atoms with Gasteiger partial charge in [0.15, 0.2) is 0 Å². The monoisotopic (exact) mass is 270 g/mol. The van der Waals surface area contributed by atoms with Gasteiger partial charge in [0, 0.05) is 12.2 Å². The van der Waals surface area contributed by atoms with Crippen LogP contribution >= 0.6 is 0 Å². The van der Waals surface area contributed by atoms with Gasteiger partial charge in [-0.1, -0.05) is 6.07 Å². The van der Waals surface area contributed by atoms with Crippen LogP contribution < -0.4 is 10.6 Å². The minimum absolute atomic E-state index is 0.262. The molecule has 0 fully saturated rings. The van der Waals surface area contributed by atoms with E-state index >= 15 is 0 Å². The van der Waals surface area contributed by atoms with Crippen LogP contribution in [0.5, 0.6) is 0 Å². The summed E-state index contributed by atoms with van der Waals surface area (Å²) >= 11 is 0. The van der Waals surface area contributed by atoms with Crippen LogP contribution in [0.2, 0.25) is 0 Å². The second kappa shape index (κ2) is 6.14. The number of amides is 1. The molecule has 0 aliphatic heterocycles. The maximum absolute atomic E-state index is 12.2. The van der Waals surface area contributed by atoms with Crippen molar-refractivity contribution in [3.05, 3.63) is 47.4 Å². The Labute approximate surface area is 118 Å². The summed E-state index contributed by atoms with van der Waals surface area (Å²) in [6.07, 6.45) is 3.05. The minimum Gasteiger partial charge on any atom is -0.369 e. The van der Waals surface area contributed by atoms with Crippen molar-refractivity contribution in [1.29, 1.82) is 0 Å².